The van der Waals surface area contributed by atoms with Crippen LogP contribution in [-0.4, -0.2) is 54.2 Å². The van der Waals surface area contributed by atoms with E-state index in [0.29, 0.717) is 13.2 Å². The molecule has 1 aromatic heterocycles. The monoisotopic (exact) mass is 227 g/mol. The highest BCUT2D eigenvalue weighted by molar-refractivity contribution is 5.09. The van der Waals surface area contributed by atoms with E-state index < -0.39 is 0 Å². The lowest BCUT2D eigenvalue weighted by Gasteiger charge is -2.11. The Morgan fingerprint density at radius 3 is 2.75 bits per heavy atom. The summed E-state index contributed by atoms with van der Waals surface area (Å²) < 4.78 is 7.06. The molecule has 0 fully saturated rings. The lowest BCUT2D eigenvalue weighted by Crippen LogP contribution is -2.20. The van der Waals surface area contributed by atoms with Crippen LogP contribution in [0, 0.1) is 0 Å². The van der Waals surface area contributed by atoms with E-state index in [1.54, 1.807) is 7.11 Å². The van der Waals surface area contributed by atoms with Crippen molar-refractivity contribution in [3.05, 3.63) is 11.4 Å². The Bertz CT molecular complexity index is 310. The van der Waals surface area contributed by atoms with Crippen LogP contribution in [0.15, 0.2) is 0 Å². The second-order valence-electron chi connectivity index (χ2n) is 3.98. The SMILES string of the molecule is COCc1c(CCN)nnn1CCN(C)C. The Kier molecular flexibility index (Phi) is 5.37. The molecule has 0 radical (unpaired) electrons. The number of aromatic nitrogens is 3. The van der Waals surface area contributed by atoms with Gasteiger partial charge in [0.25, 0.3) is 0 Å². The molecule has 0 spiro atoms. The number of nitrogens with zero attached hydrogens (tertiary/aromatic N) is 4. The van der Waals surface area contributed by atoms with Crippen molar-refractivity contribution in [2.45, 2.75) is 19.6 Å². The molecule has 0 saturated carbocycles. The molecule has 0 unspecified atom stereocenters. The van der Waals surface area contributed by atoms with Gasteiger partial charge >= 0.3 is 0 Å². The van der Waals surface area contributed by atoms with E-state index in [1.165, 1.54) is 0 Å². The lowest BCUT2D eigenvalue weighted by atomic mass is 10.2. The molecule has 0 aliphatic rings. The first-order chi connectivity index (χ1) is 7.69. The Morgan fingerprint density at radius 1 is 1.44 bits per heavy atom. The van der Waals surface area contributed by atoms with Crippen LogP contribution in [0.1, 0.15) is 11.4 Å². The summed E-state index contributed by atoms with van der Waals surface area (Å²) in [4.78, 5) is 2.11. The van der Waals surface area contributed by atoms with Gasteiger partial charge in [0.1, 0.15) is 0 Å². The van der Waals surface area contributed by atoms with E-state index in [1.807, 2.05) is 18.8 Å². The van der Waals surface area contributed by atoms with Gasteiger partial charge in [0.05, 0.1) is 24.5 Å². The minimum absolute atomic E-state index is 0.537. The number of ether oxygens (including phenoxy) is 1. The molecule has 0 atom stereocenters. The topological polar surface area (TPSA) is 69.2 Å². The third kappa shape index (κ3) is 3.55. The number of methoxy groups -OCH3 is 1. The van der Waals surface area contributed by atoms with Gasteiger partial charge in [-0.1, -0.05) is 5.21 Å². The third-order valence-electron chi connectivity index (χ3n) is 2.34. The summed E-state index contributed by atoms with van der Waals surface area (Å²) >= 11 is 0. The van der Waals surface area contributed by atoms with Gasteiger partial charge in [-0.25, -0.2) is 4.68 Å². The van der Waals surface area contributed by atoms with Crippen molar-refractivity contribution in [2.75, 3.05) is 34.3 Å². The second-order valence-corrected chi connectivity index (χ2v) is 3.98. The van der Waals surface area contributed by atoms with Crippen LogP contribution in [0.2, 0.25) is 0 Å². The average Bonchev–Trinajstić information content (AvgIpc) is 2.60. The van der Waals surface area contributed by atoms with E-state index >= 15 is 0 Å². The first-order valence-corrected chi connectivity index (χ1v) is 5.44. The lowest BCUT2D eigenvalue weighted by molar-refractivity contribution is 0.174. The van der Waals surface area contributed by atoms with E-state index in [2.05, 4.69) is 15.2 Å². The zero-order valence-corrected chi connectivity index (χ0v) is 10.3. The predicted octanol–water partition coefficient (Wildman–Crippen LogP) is -0.513. The van der Waals surface area contributed by atoms with Gasteiger partial charge in [-0.05, 0) is 20.6 Å². The summed E-state index contributed by atoms with van der Waals surface area (Å²) in [5.74, 6) is 0. The second kappa shape index (κ2) is 6.57. The Hall–Kier alpha value is -0.980. The minimum atomic E-state index is 0.537. The summed E-state index contributed by atoms with van der Waals surface area (Å²) in [5.41, 5.74) is 7.52. The number of rotatable bonds is 7. The summed E-state index contributed by atoms with van der Waals surface area (Å²) in [5, 5.41) is 8.27. The van der Waals surface area contributed by atoms with Crippen molar-refractivity contribution < 1.29 is 4.74 Å². The maximum atomic E-state index is 5.53. The van der Waals surface area contributed by atoms with Gasteiger partial charge in [-0.2, -0.15) is 0 Å². The Labute approximate surface area is 96.4 Å². The van der Waals surface area contributed by atoms with E-state index in [9.17, 15) is 0 Å². The summed E-state index contributed by atoms with van der Waals surface area (Å²) in [6, 6.07) is 0. The molecule has 1 rings (SSSR count). The quantitative estimate of drug-likeness (QED) is 0.679. The molecule has 0 aliphatic heterocycles. The van der Waals surface area contributed by atoms with Crippen molar-refractivity contribution in [3.63, 3.8) is 0 Å². The van der Waals surface area contributed by atoms with Crippen LogP contribution in [0.4, 0.5) is 0 Å². The van der Waals surface area contributed by atoms with E-state index in [4.69, 9.17) is 10.5 Å². The zero-order chi connectivity index (χ0) is 12.0. The number of hydrogen-bond acceptors (Lipinski definition) is 5. The fourth-order valence-electron chi connectivity index (χ4n) is 1.47. The molecule has 6 nitrogen and oxygen atoms in total. The molecule has 2 N–H and O–H groups in total. The van der Waals surface area contributed by atoms with Gasteiger partial charge in [0, 0.05) is 20.1 Å². The van der Waals surface area contributed by atoms with Gasteiger partial charge in [-0.15, -0.1) is 5.10 Å². The highest BCUT2D eigenvalue weighted by atomic mass is 16.5. The van der Waals surface area contributed by atoms with Crippen LogP contribution < -0.4 is 5.73 Å². The minimum Gasteiger partial charge on any atom is -0.378 e. The Morgan fingerprint density at radius 2 is 2.19 bits per heavy atom. The third-order valence-corrected chi connectivity index (χ3v) is 2.34. The maximum Gasteiger partial charge on any atom is 0.0900 e. The zero-order valence-electron chi connectivity index (χ0n) is 10.3. The van der Waals surface area contributed by atoms with Gasteiger partial charge < -0.3 is 15.4 Å². The molecule has 0 aromatic carbocycles. The van der Waals surface area contributed by atoms with Gasteiger partial charge in [0.2, 0.25) is 0 Å². The van der Waals surface area contributed by atoms with Gasteiger partial charge in [-0.3, -0.25) is 0 Å². The molecule has 1 aromatic rings. The fraction of sp³-hybridized carbons (Fsp3) is 0.800. The molecule has 0 bridgehead atoms. The van der Waals surface area contributed by atoms with Crippen LogP contribution in [0.3, 0.4) is 0 Å². The molecular weight excluding hydrogens is 206 g/mol. The maximum absolute atomic E-state index is 5.53. The number of nitrogens with two attached hydrogens (primary N) is 1. The first kappa shape index (κ1) is 13.1. The molecule has 16 heavy (non-hydrogen) atoms. The smallest absolute Gasteiger partial charge is 0.0900 e. The number of likely N-dealkylation sites (N-methyl/N-ethyl adjacent to an activating group) is 1. The van der Waals surface area contributed by atoms with Gasteiger partial charge in [0.15, 0.2) is 0 Å². The van der Waals surface area contributed by atoms with Crippen LogP contribution in [0.5, 0.6) is 0 Å². The van der Waals surface area contributed by atoms with E-state index in [0.717, 1.165) is 30.9 Å². The molecular formula is C10H21N5O. The largest absolute Gasteiger partial charge is 0.378 e. The number of hydrogen-bond donors (Lipinski definition) is 1. The van der Waals surface area contributed by atoms with Crippen LogP contribution in [-0.2, 0) is 24.3 Å². The van der Waals surface area contributed by atoms with Crippen molar-refractivity contribution in [1.82, 2.24) is 19.9 Å². The molecule has 0 saturated heterocycles. The molecule has 92 valence electrons. The molecule has 0 amide bonds. The van der Waals surface area contributed by atoms with Crippen LogP contribution in [0.25, 0.3) is 0 Å². The highest BCUT2D eigenvalue weighted by Gasteiger charge is 2.11. The molecule has 1 heterocycles. The highest BCUT2D eigenvalue weighted by Crippen LogP contribution is 2.07. The molecule has 6 heteroatoms. The molecule has 0 aliphatic carbocycles. The standard InChI is InChI=1S/C10H21N5O/c1-14(2)6-7-15-10(8-16-3)9(4-5-11)12-13-15/h4-8,11H2,1-3H3. The van der Waals surface area contributed by atoms with Crippen molar-refractivity contribution in [3.8, 4) is 0 Å². The van der Waals surface area contributed by atoms with E-state index in [-0.39, 0.29) is 0 Å². The van der Waals surface area contributed by atoms with Crippen molar-refractivity contribution in [1.29, 1.82) is 0 Å². The summed E-state index contributed by atoms with van der Waals surface area (Å²) in [6.07, 6.45) is 0.751. The summed E-state index contributed by atoms with van der Waals surface area (Å²) in [6.45, 7) is 2.88. The normalized spacial score (nSPS) is 11.3. The van der Waals surface area contributed by atoms with Crippen molar-refractivity contribution >= 4 is 0 Å². The van der Waals surface area contributed by atoms with Crippen LogP contribution >= 0.6 is 0 Å². The van der Waals surface area contributed by atoms with Crippen molar-refractivity contribution in [2.24, 2.45) is 5.73 Å². The Balaban J connectivity index is 2.73. The fourth-order valence-corrected chi connectivity index (χ4v) is 1.47. The first-order valence-electron chi connectivity index (χ1n) is 5.44. The predicted molar refractivity (Wildman–Crippen MR) is 62.0 cm³/mol. The summed E-state index contributed by atoms with van der Waals surface area (Å²) in [7, 11) is 5.75. The average molecular weight is 227 g/mol.